The Bertz CT molecular complexity index is 1040. The highest BCUT2D eigenvalue weighted by Gasteiger charge is 2.54. The number of hydrogen-bond acceptors (Lipinski definition) is 2. The first-order chi connectivity index (χ1) is 15.2. The minimum atomic E-state index is -2.18. The second kappa shape index (κ2) is 7.72. The Morgan fingerprint density at radius 1 is 0.938 bits per heavy atom. The largest absolute Gasteiger partial charge is 0.489 e. The molecule has 2 aromatic rings. The number of aliphatic hydroxyl groups excluding tert-OH is 1. The Morgan fingerprint density at radius 3 is 2.34 bits per heavy atom. The highest BCUT2D eigenvalue weighted by molar-refractivity contribution is 5.41. The van der Waals surface area contributed by atoms with Crippen LogP contribution < -0.4 is 4.74 Å². The van der Waals surface area contributed by atoms with E-state index in [9.17, 15) is 27.1 Å². The summed E-state index contributed by atoms with van der Waals surface area (Å²) in [6.07, 6.45) is 5.51. The molecular formula is C25H25F5O2. The van der Waals surface area contributed by atoms with Crippen LogP contribution in [0.2, 0.25) is 0 Å². The molecule has 172 valence electrons. The Kier molecular flexibility index (Phi) is 5.23. The van der Waals surface area contributed by atoms with Gasteiger partial charge in [0, 0.05) is 0 Å². The van der Waals surface area contributed by atoms with Gasteiger partial charge in [-0.15, -0.1) is 0 Å². The van der Waals surface area contributed by atoms with E-state index in [1.54, 1.807) is 6.07 Å². The van der Waals surface area contributed by atoms with Gasteiger partial charge in [-0.1, -0.05) is 13.0 Å². The fourth-order valence-corrected chi connectivity index (χ4v) is 6.55. The van der Waals surface area contributed by atoms with Crippen LogP contribution in [0.4, 0.5) is 22.0 Å². The van der Waals surface area contributed by atoms with Crippen LogP contribution in [0.15, 0.2) is 18.2 Å². The van der Waals surface area contributed by atoms with Gasteiger partial charge in [-0.05, 0) is 85.0 Å². The Labute approximate surface area is 183 Å². The number of aryl methyl sites for hydroxylation is 1. The van der Waals surface area contributed by atoms with Crippen molar-refractivity contribution in [2.45, 2.75) is 64.1 Å². The van der Waals surface area contributed by atoms with Gasteiger partial charge in [0.1, 0.15) is 12.4 Å². The molecule has 0 saturated heterocycles. The summed E-state index contributed by atoms with van der Waals surface area (Å²) in [4.78, 5) is 0. The van der Waals surface area contributed by atoms with E-state index < -0.39 is 41.3 Å². The fourth-order valence-electron chi connectivity index (χ4n) is 6.55. The van der Waals surface area contributed by atoms with E-state index >= 15 is 0 Å². The van der Waals surface area contributed by atoms with Crippen molar-refractivity contribution in [3.8, 4) is 5.75 Å². The third kappa shape index (κ3) is 3.15. The topological polar surface area (TPSA) is 29.5 Å². The van der Waals surface area contributed by atoms with Crippen LogP contribution in [0, 0.1) is 46.3 Å². The van der Waals surface area contributed by atoms with Gasteiger partial charge in [0.25, 0.3) is 0 Å². The first-order valence-electron chi connectivity index (χ1n) is 11.2. The summed E-state index contributed by atoms with van der Waals surface area (Å²) >= 11 is 0. The van der Waals surface area contributed by atoms with Gasteiger partial charge < -0.3 is 9.84 Å². The molecule has 5 atom stereocenters. The van der Waals surface area contributed by atoms with Gasteiger partial charge in [0.15, 0.2) is 23.3 Å². The van der Waals surface area contributed by atoms with Crippen molar-refractivity contribution in [1.29, 1.82) is 0 Å². The van der Waals surface area contributed by atoms with Crippen molar-refractivity contribution in [3.63, 3.8) is 0 Å². The molecule has 7 heteroatoms. The zero-order chi connectivity index (χ0) is 22.8. The molecule has 32 heavy (non-hydrogen) atoms. The molecule has 2 fully saturated rings. The smallest absolute Gasteiger partial charge is 0.200 e. The molecule has 3 unspecified atom stereocenters. The zero-order valence-corrected chi connectivity index (χ0v) is 17.7. The number of rotatable bonds is 3. The average Bonchev–Trinajstić information content (AvgIpc) is 3.10. The predicted molar refractivity (Wildman–Crippen MR) is 108 cm³/mol. The monoisotopic (exact) mass is 452 g/mol. The summed E-state index contributed by atoms with van der Waals surface area (Å²) in [5, 5.41) is 10.5. The van der Waals surface area contributed by atoms with Crippen LogP contribution >= 0.6 is 0 Å². The minimum absolute atomic E-state index is 0.00439. The molecule has 0 bridgehead atoms. The Balaban J connectivity index is 1.36. The molecule has 0 aliphatic heterocycles. The van der Waals surface area contributed by atoms with Crippen molar-refractivity contribution in [1.82, 2.24) is 0 Å². The summed E-state index contributed by atoms with van der Waals surface area (Å²) in [6.45, 7) is 1.46. The lowest BCUT2D eigenvalue weighted by molar-refractivity contribution is -0.0226. The van der Waals surface area contributed by atoms with Crippen LogP contribution in [0.1, 0.15) is 61.6 Å². The van der Waals surface area contributed by atoms with E-state index in [1.807, 2.05) is 12.1 Å². The number of hydrogen-bond donors (Lipinski definition) is 1. The van der Waals surface area contributed by atoms with Crippen LogP contribution in [-0.2, 0) is 13.0 Å². The maximum atomic E-state index is 13.9. The van der Waals surface area contributed by atoms with Gasteiger partial charge in [0.05, 0.1) is 11.7 Å². The van der Waals surface area contributed by atoms with Gasteiger partial charge in [-0.25, -0.2) is 22.0 Å². The lowest BCUT2D eigenvalue weighted by Gasteiger charge is -2.50. The first kappa shape index (κ1) is 21.7. The van der Waals surface area contributed by atoms with Crippen molar-refractivity contribution in [2.24, 2.45) is 17.3 Å². The maximum absolute atomic E-state index is 13.9. The highest BCUT2D eigenvalue weighted by Crippen LogP contribution is 2.60. The van der Waals surface area contributed by atoms with Crippen LogP contribution in [0.3, 0.4) is 0 Å². The van der Waals surface area contributed by atoms with Gasteiger partial charge in [-0.3, -0.25) is 0 Å². The summed E-state index contributed by atoms with van der Waals surface area (Å²) in [5.74, 6) is -8.08. The summed E-state index contributed by atoms with van der Waals surface area (Å²) in [5.41, 5.74) is 1.36. The van der Waals surface area contributed by atoms with Gasteiger partial charge in [0.2, 0.25) is 5.82 Å². The van der Waals surface area contributed by atoms with Gasteiger partial charge in [-0.2, -0.15) is 0 Å². The molecule has 0 radical (unpaired) electrons. The second-order valence-corrected chi connectivity index (χ2v) is 9.75. The molecule has 0 aromatic heterocycles. The molecule has 0 heterocycles. The first-order valence-corrected chi connectivity index (χ1v) is 11.2. The average molecular weight is 452 g/mol. The Hall–Kier alpha value is -2.15. The molecule has 3 aliphatic carbocycles. The molecule has 5 rings (SSSR count). The van der Waals surface area contributed by atoms with Crippen molar-refractivity contribution < 1.29 is 31.8 Å². The third-order valence-corrected chi connectivity index (χ3v) is 8.33. The molecule has 2 nitrogen and oxygen atoms in total. The number of aliphatic hydroxyl groups is 1. The summed E-state index contributed by atoms with van der Waals surface area (Å²) in [7, 11) is 0. The van der Waals surface area contributed by atoms with E-state index in [1.165, 1.54) is 5.56 Å². The van der Waals surface area contributed by atoms with Crippen LogP contribution in [0.5, 0.6) is 5.75 Å². The number of ether oxygens (including phenoxy) is 1. The van der Waals surface area contributed by atoms with Crippen molar-refractivity contribution in [2.75, 3.05) is 0 Å². The lowest BCUT2D eigenvalue weighted by Crippen LogP contribution is -2.43. The van der Waals surface area contributed by atoms with Crippen LogP contribution in [-0.4, -0.2) is 11.2 Å². The predicted octanol–water partition coefficient (Wildman–Crippen LogP) is 6.18. The summed E-state index contributed by atoms with van der Waals surface area (Å²) < 4.78 is 73.3. The van der Waals surface area contributed by atoms with Crippen LogP contribution in [0.25, 0.3) is 0 Å². The highest BCUT2D eigenvalue weighted by atomic mass is 19.2. The van der Waals surface area contributed by atoms with E-state index in [4.69, 9.17) is 4.74 Å². The van der Waals surface area contributed by atoms with E-state index in [0.29, 0.717) is 23.5 Å². The van der Waals surface area contributed by atoms with E-state index in [-0.39, 0.29) is 11.5 Å². The van der Waals surface area contributed by atoms with Crippen molar-refractivity contribution in [3.05, 3.63) is 64.0 Å². The molecule has 0 spiro atoms. The molecule has 2 saturated carbocycles. The normalized spacial score (nSPS) is 31.1. The molecule has 0 amide bonds. The quantitative estimate of drug-likeness (QED) is 0.343. The number of fused-ring (bicyclic) bond motifs is 5. The molecular weight excluding hydrogens is 427 g/mol. The third-order valence-electron chi connectivity index (χ3n) is 8.33. The standard InChI is InChI=1S/C25H25F5O2/c1-25-9-8-15-14-5-3-13(10-12(14)2-4-16(15)18(25)6-7-19(25)31)32-11-17-20(26)22(28)24(30)23(29)21(17)27/h3,5,10,15-16,18-19,31H,2,4,6-9,11H2,1H3/t15?,16?,18?,19-,25-/m0/s1. The molecule has 3 aliphatic rings. The molecule has 1 N–H and O–H groups in total. The van der Waals surface area contributed by atoms with E-state index in [2.05, 4.69) is 6.92 Å². The summed E-state index contributed by atoms with van der Waals surface area (Å²) in [6, 6.07) is 5.48. The Morgan fingerprint density at radius 2 is 1.62 bits per heavy atom. The molecule has 2 aromatic carbocycles. The van der Waals surface area contributed by atoms with E-state index in [0.717, 1.165) is 44.1 Å². The van der Waals surface area contributed by atoms with Gasteiger partial charge >= 0.3 is 0 Å². The fraction of sp³-hybridized carbons (Fsp3) is 0.520. The minimum Gasteiger partial charge on any atom is -0.489 e. The second-order valence-electron chi connectivity index (χ2n) is 9.75. The number of benzene rings is 2. The van der Waals surface area contributed by atoms with Crippen molar-refractivity contribution >= 4 is 0 Å². The number of halogens is 5. The maximum Gasteiger partial charge on any atom is 0.200 e. The zero-order valence-electron chi connectivity index (χ0n) is 17.7. The lowest BCUT2D eigenvalue weighted by atomic mass is 9.55. The SMILES string of the molecule is C[C@]12CCC3c4ccc(OCc5c(F)c(F)c(F)c(F)c5F)cc4CCC3C1CC[C@@H]2O.